The SMILES string of the molecule is O=C(CSCCN1CCCC1)N1CCn2nc(CO)cc2C1. The van der Waals surface area contributed by atoms with Crippen LogP contribution in [0.5, 0.6) is 0 Å². The molecule has 0 bridgehead atoms. The highest BCUT2D eigenvalue weighted by atomic mass is 32.2. The van der Waals surface area contributed by atoms with Gasteiger partial charge in [0, 0.05) is 18.8 Å². The maximum atomic E-state index is 12.3. The predicted molar refractivity (Wildman–Crippen MR) is 86.6 cm³/mol. The Morgan fingerprint density at radius 2 is 2.09 bits per heavy atom. The van der Waals surface area contributed by atoms with Crippen molar-refractivity contribution in [2.45, 2.75) is 32.5 Å². The molecule has 1 aromatic rings. The summed E-state index contributed by atoms with van der Waals surface area (Å²) < 4.78 is 1.90. The molecule has 3 rings (SSSR count). The molecule has 0 atom stereocenters. The lowest BCUT2D eigenvalue weighted by Gasteiger charge is -2.27. The molecule has 6 nitrogen and oxygen atoms in total. The molecule has 3 heterocycles. The monoisotopic (exact) mass is 324 g/mol. The summed E-state index contributed by atoms with van der Waals surface area (Å²) in [5, 5.41) is 13.4. The fourth-order valence-electron chi connectivity index (χ4n) is 3.07. The number of aliphatic hydroxyl groups is 1. The second-order valence-corrected chi connectivity index (χ2v) is 7.03. The molecule has 22 heavy (non-hydrogen) atoms. The molecule has 122 valence electrons. The van der Waals surface area contributed by atoms with E-state index in [2.05, 4.69) is 10.00 Å². The lowest BCUT2D eigenvalue weighted by molar-refractivity contribution is -0.129. The number of hydrogen-bond acceptors (Lipinski definition) is 5. The zero-order valence-electron chi connectivity index (χ0n) is 12.9. The Morgan fingerprint density at radius 3 is 2.86 bits per heavy atom. The highest BCUT2D eigenvalue weighted by Gasteiger charge is 2.22. The van der Waals surface area contributed by atoms with E-state index in [4.69, 9.17) is 5.11 Å². The van der Waals surface area contributed by atoms with Gasteiger partial charge in [-0.1, -0.05) is 0 Å². The number of fused-ring (bicyclic) bond motifs is 1. The minimum absolute atomic E-state index is 0.0414. The maximum Gasteiger partial charge on any atom is 0.232 e. The van der Waals surface area contributed by atoms with E-state index in [1.54, 1.807) is 11.8 Å². The third-order valence-corrected chi connectivity index (χ3v) is 5.26. The van der Waals surface area contributed by atoms with E-state index in [1.165, 1.54) is 25.9 Å². The van der Waals surface area contributed by atoms with Crippen molar-refractivity contribution < 1.29 is 9.90 Å². The number of thioether (sulfide) groups is 1. The summed E-state index contributed by atoms with van der Waals surface area (Å²) in [5.41, 5.74) is 1.70. The van der Waals surface area contributed by atoms with Gasteiger partial charge in [-0.25, -0.2) is 0 Å². The molecular formula is C15H24N4O2S. The number of nitrogens with zero attached hydrogens (tertiary/aromatic N) is 4. The van der Waals surface area contributed by atoms with E-state index in [0.29, 0.717) is 24.5 Å². The Hall–Kier alpha value is -1.05. The average Bonchev–Trinajstić information content (AvgIpc) is 3.19. The lowest BCUT2D eigenvalue weighted by Crippen LogP contribution is -2.39. The van der Waals surface area contributed by atoms with Crippen LogP contribution in [0.15, 0.2) is 6.07 Å². The predicted octanol–water partition coefficient (Wildman–Crippen LogP) is 0.547. The van der Waals surface area contributed by atoms with Gasteiger partial charge in [-0.15, -0.1) is 0 Å². The molecule has 0 radical (unpaired) electrons. The number of likely N-dealkylation sites (tertiary alicyclic amines) is 1. The second-order valence-electron chi connectivity index (χ2n) is 5.92. The summed E-state index contributed by atoms with van der Waals surface area (Å²) in [6, 6.07) is 1.89. The van der Waals surface area contributed by atoms with Crippen LogP contribution in [-0.4, -0.2) is 68.3 Å². The maximum absolute atomic E-state index is 12.3. The van der Waals surface area contributed by atoms with Crippen LogP contribution in [0, 0.1) is 0 Å². The van der Waals surface area contributed by atoms with Gasteiger partial charge >= 0.3 is 0 Å². The van der Waals surface area contributed by atoms with Gasteiger partial charge in [0.1, 0.15) is 0 Å². The number of carbonyl (C=O) groups is 1. The summed E-state index contributed by atoms with van der Waals surface area (Å²) in [6.07, 6.45) is 2.64. The highest BCUT2D eigenvalue weighted by molar-refractivity contribution is 7.99. The lowest BCUT2D eigenvalue weighted by atomic mass is 10.3. The standard InChI is InChI=1S/C15H24N4O2S/c20-11-13-9-14-10-18(5-6-19(14)16-13)15(21)12-22-8-7-17-3-1-2-4-17/h9,20H,1-8,10-12H2. The van der Waals surface area contributed by atoms with Gasteiger partial charge in [0.2, 0.25) is 5.91 Å². The molecular weight excluding hydrogens is 300 g/mol. The summed E-state index contributed by atoms with van der Waals surface area (Å²) in [5.74, 6) is 1.81. The van der Waals surface area contributed by atoms with Gasteiger partial charge < -0.3 is 14.9 Å². The fraction of sp³-hybridized carbons (Fsp3) is 0.733. The topological polar surface area (TPSA) is 61.6 Å². The molecule has 0 saturated carbocycles. The summed E-state index contributed by atoms with van der Waals surface area (Å²) in [6.45, 7) is 5.55. The van der Waals surface area contributed by atoms with Crippen LogP contribution in [0.3, 0.4) is 0 Å². The molecule has 0 aromatic carbocycles. The van der Waals surface area contributed by atoms with Crippen LogP contribution in [-0.2, 0) is 24.5 Å². The van der Waals surface area contributed by atoms with Crippen LogP contribution in [0.2, 0.25) is 0 Å². The third kappa shape index (κ3) is 3.83. The smallest absolute Gasteiger partial charge is 0.232 e. The molecule has 0 unspecified atom stereocenters. The third-order valence-electron chi connectivity index (χ3n) is 4.34. The van der Waals surface area contributed by atoms with Crippen LogP contribution in [0.1, 0.15) is 24.2 Å². The first kappa shape index (κ1) is 15.8. The van der Waals surface area contributed by atoms with Crippen molar-refractivity contribution in [3.8, 4) is 0 Å². The van der Waals surface area contributed by atoms with E-state index in [-0.39, 0.29) is 12.5 Å². The molecule has 1 fully saturated rings. The molecule has 2 aliphatic heterocycles. The van der Waals surface area contributed by atoms with E-state index in [9.17, 15) is 4.79 Å². The minimum Gasteiger partial charge on any atom is -0.390 e. The number of amides is 1. The molecule has 0 aliphatic carbocycles. The number of hydrogen-bond donors (Lipinski definition) is 1. The Bertz CT molecular complexity index is 514. The fourth-order valence-corrected chi connectivity index (χ4v) is 3.96. The van der Waals surface area contributed by atoms with Gasteiger partial charge in [0.05, 0.1) is 36.8 Å². The number of rotatable bonds is 6. The van der Waals surface area contributed by atoms with E-state index in [1.807, 2.05) is 15.6 Å². The number of aliphatic hydroxyl groups excluding tert-OH is 1. The van der Waals surface area contributed by atoms with Crippen molar-refractivity contribution in [2.75, 3.05) is 37.7 Å². The molecule has 1 saturated heterocycles. The Morgan fingerprint density at radius 1 is 1.27 bits per heavy atom. The molecule has 0 spiro atoms. The molecule has 1 amide bonds. The first-order chi connectivity index (χ1) is 10.8. The Balaban J connectivity index is 1.41. The second kappa shape index (κ2) is 7.48. The van der Waals surface area contributed by atoms with Gasteiger partial charge in [-0.2, -0.15) is 16.9 Å². The van der Waals surface area contributed by atoms with Crippen molar-refractivity contribution in [1.29, 1.82) is 0 Å². The van der Waals surface area contributed by atoms with E-state index in [0.717, 1.165) is 24.5 Å². The first-order valence-corrected chi connectivity index (χ1v) is 9.16. The van der Waals surface area contributed by atoms with Crippen LogP contribution >= 0.6 is 11.8 Å². The minimum atomic E-state index is -0.0414. The zero-order valence-corrected chi connectivity index (χ0v) is 13.7. The van der Waals surface area contributed by atoms with E-state index < -0.39 is 0 Å². The molecule has 1 N–H and O–H groups in total. The van der Waals surface area contributed by atoms with Crippen molar-refractivity contribution in [3.05, 3.63) is 17.5 Å². The zero-order chi connectivity index (χ0) is 15.4. The largest absolute Gasteiger partial charge is 0.390 e. The van der Waals surface area contributed by atoms with Crippen molar-refractivity contribution in [2.24, 2.45) is 0 Å². The molecule has 1 aromatic heterocycles. The van der Waals surface area contributed by atoms with Crippen LogP contribution < -0.4 is 0 Å². The summed E-state index contributed by atoms with van der Waals surface area (Å²) in [7, 11) is 0. The van der Waals surface area contributed by atoms with Crippen molar-refractivity contribution in [3.63, 3.8) is 0 Å². The summed E-state index contributed by atoms with van der Waals surface area (Å²) >= 11 is 1.74. The van der Waals surface area contributed by atoms with Gasteiger partial charge in [0.15, 0.2) is 0 Å². The van der Waals surface area contributed by atoms with Gasteiger partial charge in [-0.05, 0) is 32.0 Å². The average molecular weight is 324 g/mol. The first-order valence-electron chi connectivity index (χ1n) is 8.00. The van der Waals surface area contributed by atoms with Gasteiger partial charge in [0.25, 0.3) is 0 Å². The van der Waals surface area contributed by atoms with Crippen LogP contribution in [0.25, 0.3) is 0 Å². The normalized spacial score (nSPS) is 18.7. The molecule has 7 heteroatoms. The quantitative estimate of drug-likeness (QED) is 0.774. The van der Waals surface area contributed by atoms with Crippen molar-refractivity contribution in [1.82, 2.24) is 19.6 Å². The number of carbonyl (C=O) groups excluding carboxylic acids is 1. The number of aromatic nitrogens is 2. The van der Waals surface area contributed by atoms with Crippen LogP contribution in [0.4, 0.5) is 0 Å². The van der Waals surface area contributed by atoms with E-state index >= 15 is 0 Å². The molecule has 2 aliphatic rings. The highest BCUT2D eigenvalue weighted by Crippen LogP contribution is 2.16. The Labute approximate surface area is 135 Å². The summed E-state index contributed by atoms with van der Waals surface area (Å²) in [4.78, 5) is 16.7. The van der Waals surface area contributed by atoms with Gasteiger partial charge in [-0.3, -0.25) is 9.48 Å². The Kier molecular flexibility index (Phi) is 5.38. The van der Waals surface area contributed by atoms with Crippen molar-refractivity contribution >= 4 is 17.7 Å².